The SMILES string of the molecule is CC(=O)c1ccc(NC(=O)Oc2ccc3c4c2O[C@H]2[C@]5(C)CC[C@@]6(C[C@@H]5C(C)(O)C(C)(C)C)C(C3)N(CC3CC3)CC[C@]426)nc1. The zero-order valence-corrected chi connectivity index (χ0v) is 27.5. The molecule has 8 nitrogen and oxygen atoms in total. The van der Waals surface area contributed by atoms with Gasteiger partial charge < -0.3 is 14.6 Å². The summed E-state index contributed by atoms with van der Waals surface area (Å²) < 4.78 is 13.2. The van der Waals surface area contributed by atoms with Gasteiger partial charge >= 0.3 is 6.09 Å². The number of aliphatic hydroxyl groups is 1. The molecule has 9 rings (SSSR count). The van der Waals surface area contributed by atoms with Crippen molar-refractivity contribution < 1.29 is 24.2 Å². The molecule has 2 aromatic rings. The van der Waals surface area contributed by atoms with Crippen molar-refractivity contribution in [2.45, 2.75) is 110 Å². The number of fused-ring (bicyclic) bond motifs is 2. The van der Waals surface area contributed by atoms with Gasteiger partial charge in [0.25, 0.3) is 0 Å². The number of nitrogens with zero attached hydrogens (tertiary/aromatic N) is 2. The van der Waals surface area contributed by atoms with E-state index in [9.17, 15) is 14.7 Å². The highest BCUT2D eigenvalue weighted by atomic mass is 16.6. The summed E-state index contributed by atoms with van der Waals surface area (Å²) in [6.07, 6.45) is 8.54. The lowest BCUT2D eigenvalue weighted by atomic mass is 9.31. The first kappa shape index (κ1) is 29.4. The van der Waals surface area contributed by atoms with Crippen LogP contribution in [0.15, 0.2) is 30.5 Å². The first-order chi connectivity index (χ1) is 21.2. The number of rotatable bonds is 6. The van der Waals surface area contributed by atoms with Crippen LogP contribution in [-0.2, 0) is 11.8 Å². The number of hydrogen-bond donors (Lipinski definition) is 2. The minimum Gasteiger partial charge on any atom is -0.485 e. The molecule has 240 valence electrons. The summed E-state index contributed by atoms with van der Waals surface area (Å²) in [4.78, 5) is 31.9. The summed E-state index contributed by atoms with van der Waals surface area (Å²) in [5.41, 5.74) is 1.49. The van der Waals surface area contributed by atoms with Crippen LogP contribution in [0.2, 0.25) is 0 Å². The van der Waals surface area contributed by atoms with E-state index in [1.54, 1.807) is 12.1 Å². The second-order valence-electron chi connectivity index (χ2n) is 16.6. The second kappa shape index (κ2) is 9.31. The average Bonchev–Trinajstić information content (AvgIpc) is 3.72. The zero-order valence-electron chi connectivity index (χ0n) is 27.5. The number of ketones is 1. The lowest BCUT2D eigenvalue weighted by Gasteiger charge is -2.75. The molecule has 2 unspecified atom stereocenters. The van der Waals surface area contributed by atoms with Crippen LogP contribution in [0, 0.1) is 28.1 Å². The number of ether oxygens (including phenoxy) is 2. The minimum atomic E-state index is -0.880. The molecule has 0 radical (unpaired) electrons. The number of piperidine rings is 1. The van der Waals surface area contributed by atoms with E-state index < -0.39 is 11.7 Å². The minimum absolute atomic E-state index is 0.00994. The highest BCUT2D eigenvalue weighted by molar-refractivity contribution is 5.94. The van der Waals surface area contributed by atoms with Gasteiger partial charge in [-0.15, -0.1) is 0 Å². The van der Waals surface area contributed by atoms with Gasteiger partial charge in [0.2, 0.25) is 0 Å². The van der Waals surface area contributed by atoms with Gasteiger partial charge in [-0.3, -0.25) is 15.0 Å². The van der Waals surface area contributed by atoms with Gasteiger partial charge in [0.15, 0.2) is 17.3 Å². The summed E-state index contributed by atoms with van der Waals surface area (Å²) in [5, 5.41) is 15.1. The Balaban J connectivity index is 1.20. The van der Waals surface area contributed by atoms with Gasteiger partial charge in [-0.05, 0) is 106 Å². The number of carbonyl (C=O) groups excluding carboxylic acids is 2. The predicted octanol–water partition coefficient (Wildman–Crippen LogP) is 6.54. The largest absolute Gasteiger partial charge is 0.485 e. The Morgan fingerprint density at radius 1 is 1.13 bits per heavy atom. The highest BCUT2D eigenvalue weighted by Gasteiger charge is 2.80. The van der Waals surface area contributed by atoms with E-state index in [2.05, 4.69) is 55.9 Å². The number of pyridine rings is 1. The van der Waals surface area contributed by atoms with Crippen molar-refractivity contribution in [1.29, 1.82) is 0 Å². The van der Waals surface area contributed by atoms with Gasteiger partial charge in [-0.2, -0.15) is 0 Å². The van der Waals surface area contributed by atoms with Crippen molar-refractivity contribution in [3.63, 3.8) is 0 Å². The number of likely N-dealkylation sites (tertiary alicyclic amines) is 1. The van der Waals surface area contributed by atoms with E-state index in [1.165, 1.54) is 43.6 Å². The predicted molar refractivity (Wildman–Crippen MR) is 171 cm³/mol. The van der Waals surface area contributed by atoms with E-state index in [0.717, 1.165) is 50.3 Å². The van der Waals surface area contributed by atoms with Crippen molar-refractivity contribution in [2.75, 3.05) is 18.4 Å². The Labute approximate surface area is 266 Å². The second-order valence-corrected chi connectivity index (χ2v) is 16.6. The third-order valence-corrected chi connectivity index (χ3v) is 13.6. The normalized spacial score (nSPS) is 35.7. The van der Waals surface area contributed by atoms with Crippen LogP contribution in [-0.4, -0.2) is 57.7 Å². The Kier molecular flexibility index (Phi) is 6.09. The molecule has 2 aliphatic heterocycles. The molecular formula is C37H47N3O5. The molecule has 5 fully saturated rings. The van der Waals surface area contributed by atoms with Crippen LogP contribution >= 0.6 is 0 Å². The number of anilines is 1. The van der Waals surface area contributed by atoms with E-state index >= 15 is 0 Å². The molecule has 2 N–H and O–H groups in total. The molecule has 4 saturated carbocycles. The van der Waals surface area contributed by atoms with E-state index in [4.69, 9.17) is 9.47 Å². The fourth-order valence-corrected chi connectivity index (χ4v) is 10.7. The van der Waals surface area contributed by atoms with Gasteiger partial charge in [-0.25, -0.2) is 9.78 Å². The first-order valence-electron chi connectivity index (χ1n) is 17.0. The number of hydrogen-bond acceptors (Lipinski definition) is 7. The molecule has 7 atom stereocenters. The maximum Gasteiger partial charge on any atom is 0.418 e. The summed E-state index contributed by atoms with van der Waals surface area (Å²) in [6, 6.07) is 7.73. The smallest absolute Gasteiger partial charge is 0.418 e. The molecule has 1 aromatic carbocycles. The molecule has 1 saturated heterocycles. The molecule has 3 heterocycles. The van der Waals surface area contributed by atoms with Crippen LogP contribution in [0.1, 0.15) is 102 Å². The Bertz CT molecular complexity index is 1590. The van der Waals surface area contributed by atoms with Crippen LogP contribution in [0.5, 0.6) is 11.5 Å². The molecule has 8 heteroatoms. The monoisotopic (exact) mass is 613 g/mol. The van der Waals surface area contributed by atoms with Crippen molar-refractivity contribution in [3.8, 4) is 11.5 Å². The Morgan fingerprint density at radius 2 is 1.91 bits per heavy atom. The summed E-state index contributed by atoms with van der Waals surface area (Å²) >= 11 is 0. The van der Waals surface area contributed by atoms with E-state index in [1.807, 2.05) is 6.07 Å². The Hall–Kier alpha value is -2.97. The van der Waals surface area contributed by atoms with Gasteiger partial charge in [0.05, 0.1) is 5.60 Å². The molecule has 45 heavy (non-hydrogen) atoms. The van der Waals surface area contributed by atoms with Gasteiger partial charge in [0.1, 0.15) is 11.9 Å². The quantitative estimate of drug-likeness (QED) is 0.357. The number of aromatic nitrogens is 1. The lowest BCUT2D eigenvalue weighted by molar-refractivity contribution is -0.276. The average molecular weight is 614 g/mol. The zero-order chi connectivity index (χ0) is 31.7. The molecule has 5 aliphatic carbocycles. The fourth-order valence-electron chi connectivity index (χ4n) is 10.7. The summed E-state index contributed by atoms with van der Waals surface area (Å²) in [7, 11) is 0. The topological polar surface area (TPSA) is 101 Å². The molecule has 4 bridgehead atoms. The molecular weight excluding hydrogens is 566 g/mol. The van der Waals surface area contributed by atoms with Crippen molar-refractivity contribution in [2.24, 2.45) is 28.1 Å². The van der Waals surface area contributed by atoms with Crippen LogP contribution in [0.25, 0.3) is 0 Å². The number of amides is 1. The number of carbonyl (C=O) groups is 2. The molecule has 2 spiro atoms. The van der Waals surface area contributed by atoms with E-state index in [-0.39, 0.29) is 39.5 Å². The number of nitrogens with one attached hydrogen (secondary N) is 1. The van der Waals surface area contributed by atoms with Gasteiger partial charge in [0, 0.05) is 46.2 Å². The summed E-state index contributed by atoms with van der Waals surface area (Å²) in [5.74, 6) is 2.28. The third-order valence-electron chi connectivity index (χ3n) is 13.6. The highest BCUT2D eigenvalue weighted by Crippen LogP contribution is 2.79. The van der Waals surface area contributed by atoms with Crippen LogP contribution < -0.4 is 14.8 Å². The van der Waals surface area contributed by atoms with Crippen molar-refractivity contribution in [3.05, 3.63) is 47.2 Å². The third kappa shape index (κ3) is 3.87. The maximum absolute atomic E-state index is 13.2. The van der Waals surface area contributed by atoms with Crippen molar-refractivity contribution >= 4 is 17.7 Å². The molecule has 1 aromatic heterocycles. The molecule has 7 aliphatic rings. The van der Waals surface area contributed by atoms with Crippen LogP contribution in [0.4, 0.5) is 10.6 Å². The standard InChI is InChI=1S/C37H47N3O5/c1-21(41)24-10-12-28(38-19-24)39-32(42)44-25-11-9-23-17-27-36-14-13-34(5,26(18-36)35(6,43)33(2,3)4)31-37(36,29(23)30(25)45-31)15-16-40(27)20-22-7-8-22/h9-12,19,22,26-27,31,43H,7-8,13-18,20H2,1-6H3,(H,38,39,42)/t26-,27?,31-,34+,35?,36+,37-/m0/s1. The van der Waals surface area contributed by atoms with E-state index in [0.29, 0.717) is 23.2 Å². The lowest BCUT2D eigenvalue weighted by Crippen LogP contribution is -2.80. The molecule has 1 amide bonds. The first-order valence-corrected chi connectivity index (χ1v) is 17.0. The number of Topliss-reactive ketones (excluding diaryl/α,β-unsaturated/α-hetero) is 1. The Morgan fingerprint density at radius 3 is 2.58 bits per heavy atom. The van der Waals surface area contributed by atoms with Crippen molar-refractivity contribution in [1.82, 2.24) is 9.88 Å². The number of benzene rings is 1. The van der Waals surface area contributed by atoms with Crippen LogP contribution in [0.3, 0.4) is 0 Å². The maximum atomic E-state index is 13.2. The fraction of sp³-hybridized carbons (Fsp3) is 0.649. The summed E-state index contributed by atoms with van der Waals surface area (Å²) in [6.45, 7) is 14.7. The van der Waals surface area contributed by atoms with Gasteiger partial charge in [-0.1, -0.05) is 33.8 Å².